The Labute approximate surface area is 85.4 Å². The maximum atomic E-state index is 11.4. The molecular formula is C10H15NO2P+. The van der Waals surface area contributed by atoms with Crippen LogP contribution >= 0.6 is 8.03 Å². The third-order valence-electron chi connectivity index (χ3n) is 1.77. The standard InChI is InChI=1S/C10H15NO2P/c1-2-3-7-13-14(12)9-10-5-4-6-11-8-10/h4-6,8H,2-3,7,9H2,1H3/q+1. The van der Waals surface area contributed by atoms with E-state index >= 15 is 0 Å². The maximum absolute atomic E-state index is 11.4. The van der Waals surface area contributed by atoms with Crippen LogP contribution in [0.1, 0.15) is 25.3 Å². The van der Waals surface area contributed by atoms with Crippen LogP contribution in [0.25, 0.3) is 0 Å². The molecule has 0 spiro atoms. The van der Waals surface area contributed by atoms with E-state index in [0.717, 1.165) is 18.4 Å². The zero-order chi connectivity index (χ0) is 10.2. The quantitative estimate of drug-likeness (QED) is 0.537. The smallest absolute Gasteiger partial charge is 0.264 e. The van der Waals surface area contributed by atoms with Crippen molar-refractivity contribution >= 4 is 8.03 Å². The van der Waals surface area contributed by atoms with Crippen molar-refractivity contribution in [1.29, 1.82) is 0 Å². The Morgan fingerprint density at radius 3 is 3.07 bits per heavy atom. The largest absolute Gasteiger partial charge is 0.512 e. The SMILES string of the molecule is CCCCO[P+](=O)Cc1cccnc1. The van der Waals surface area contributed by atoms with Gasteiger partial charge in [-0.1, -0.05) is 19.4 Å². The average Bonchev–Trinajstić information content (AvgIpc) is 2.20. The second-order valence-corrected chi connectivity index (χ2v) is 4.28. The van der Waals surface area contributed by atoms with Gasteiger partial charge in [-0.2, -0.15) is 0 Å². The van der Waals surface area contributed by atoms with Gasteiger partial charge in [-0.15, -0.1) is 4.52 Å². The molecule has 1 aromatic rings. The molecule has 0 saturated carbocycles. The number of aromatic nitrogens is 1. The van der Waals surface area contributed by atoms with Crippen LogP contribution in [0.3, 0.4) is 0 Å². The van der Waals surface area contributed by atoms with Crippen molar-refractivity contribution in [3.8, 4) is 0 Å². The summed E-state index contributed by atoms with van der Waals surface area (Å²) in [5.41, 5.74) is 0.963. The Kier molecular flexibility index (Phi) is 5.35. The molecule has 1 heterocycles. The molecule has 0 aliphatic heterocycles. The number of hydrogen-bond donors (Lipinski definition) is 0. The van der Waals surface area contributed by atoms with Crippen molar-refractivity contribution in [3.63, 3.8) is 0 Å². The Balaban J connectivity index is 2.27. The second-order valence-electron chi connectivity index (χ2n) is 3.04. The summed E-state index contributed by atoms with van der Waals surface area (Å²) >= 11 is 0. The molecule has 0 radical (unpaired) electrons. The van der Waals surface area contributed by atoms with Gasteiger partial charge in [0.2, 0.25) is 6.16 Å². The molecule has 0 N–H and O–H groups in total. The molecule has 0 bridgehead atoms. The lowest BCUT2D eigenvalue weighted by Crippen LogP contribution is -1.88. The van der Waals surface area contributed by atoms with Gasteiger partial charge in [-0.25, -0.2) is 0 Å². The monoisotopic (exact) mass is 212 g/mol. The lowest BCUT2D eigenvalue weighted by molar-refractivity contribution is 0.320. The molecular weight excluding hydrogens is 197 g/mol. The highest BCUT2D eigenvalue weighted by Crippen LogP contribution is 2.27. The highest BCUT2D eigenvalue weighted by Gasteiger charge is 2.17. The van der Waals surface area contributed by atoms with Gasteiger partial charge < -0.3 is 0 Å². The van der Waals surface area contributed by atoms with Gasteiger partial charge in [0.15, 0.2) is 0 Å². The molecule has 76 valence electrons. The molecule has 3 nitrogen and oxygen atoms in total. The van der Waals surface area contributed by atoms with Crippen LogP contribution in [0.5, 0.6) is 0 Å². The van der Waals surface area contributed by atoms with E-state index in [2.05, 4.69) is 11.9 Å². The molecule has 0 fully saturated rings. The van der Waals surface area contributed by atoms with E-state index in [0.29, 0.717) is 12.8 Å². The van der Waals surface area contributed by atoms with Crippen LogP contribution in [-0.2, 0) is 15.3 Å². The first kappa shape index (κ1) is 11.3. The predicted octanol–water partition coefficient (Wildman–Crippen LogP) is 3.14. The van der Waals surface area contributed by atoms with Gasteiger partial charge in [0, 0.05) is 18.0 Å². The normalized spacial score (nSPS) is 11.4. The van der Waals surface area contributed by atoms with Crippen LogP contribution in [-0.4, -0.2) is 11.6 Å². The summed E-state index contributed by atoms with van der Waals surface area (Å²) in [5, 5.41) is 0. The van der Waals surface area contributed by atoms with Crippen molar-refractivity contribution in [2.24, 2.45) is 0 Å². The van der Waals surface area contributed by atoms with Gasteiger partial charge in [0.1, 0.15) is 6.61 Å². The van der Waals surface area contributed by atoms with Crippen molar-refractivity contribution in [1.82, 2.24) is 4.98 Å². The summed E-state index contributed by atoms with van der Waals surface area (Å²) in [6, 6.07) is 3.74. The molecule has 0 aliphatic carbocycles. The molecule has 4 heteroatoms. The predicted molar refractivity (Wildman–Crippen MR) is 56.4 cm³/mol. The maximum Gasteiger partial charge on any atom is 0.512 e. The van der Waals surface area contributed by atoms with E-state index in [1.54, 1.807) is 12.4 Å². The third kappa shape index (κ3) is 4.45. The molecule has 0 aromatic carbocycles. The highest BCUT2D eigenvalue weighted by molar-refractivity contribution is 7.38. The number of unbranched alkanes of at least 4 members (excludes halogenated alkanes) is 1. The molecule has 1 aromatic heterocycles. The van der Waals surface area contributed by atoms with Crippen molar-refractivity contribution in [2.45, 2.75) is 25.9 Å². The Hall–Kier alpha value is -0.790. The minimum atomic E-state index is -1.56. The molecule has 1 unspecified atom stereocenters. The fraction of sp³-hybridized carbons (Fsp3) is 0.500. The van der Waals surface area contributed by atoms with Crippen LogP contribution in [0.4, 0.5) is 0 Å². The summed E-state index contributed by atoms with van der Waals surface area (Å²) in [6.45, 7) is 2.67. The minimum Gasteiger partial charge on any atom is -0.264 e. The number of hydrogen-bond acceptors (Lipinski definition) is 3. The van der Waals surface area contributed by atoms with Gasteiger partial charge in [-0.05, 0) is 17.1 Å². The Morgan fingerprint density at radius 1 is 1.57 bits per heavy atom. The summed E-state index contributed by atoms with van der Waals surface area (Å²) < 4.78 is 16.6. The summed E-state index contributed by atoms with van der Waals surface area (Å²) in [6.07, 6.45) is 5.92. The Bertz CT molecular complexity index is 277. The zero-order valence-corrected chi connectivity index (χ0v) is 9.24. The first-order chi connectivity index (χ1) is 6.83. The minimum absolute atomic E-state index is 0.465. The molecule has 0 saturated heterocycles. The van der Waals surface area contributed by atoms with Gasteiger partial charge in [0.25, 0.3) is 0 Å². The summed E-state index contributed by atoms with van der Waals surface area (Å²) in [5.74, 6) is 0. The summed E-state index contributed by atoms with van der Waals surface area (Å²) in [4.78, 5) is 3.95. The number of pyridine rings is 1. The second kappa shape index (κ2) is 6.63. The van der Waals surface area contributed by atoms with E-state index in [1.165, 1.54) is 0 Å². The number of rotatable bonds is 6. The topological polar surface area (TPSA) is 39.2 Å². The lowest BCUT2D eigenvalue weighted by Gasteiger charge is -1.91. The van der Waals surface area contributed by atoms with Crippen molar-refractivity contribution in [2.75, 3.05) is 6.61 Å². The van der Waals surface area contributed by atoms with Crippen LogP contribution in [0, 0.1) is 0 Å². The van der Waals surface area contributed by atoms with Crippen LogP contribution in [0.2, 0.25) is 0 Å². The van der Waals surface area contributed by atoms with E-state index < -0.39 is 8.03 Å². The van der Waals surface area contributed by atoms with E-state index in [9.17, 15) is 4.57 Å². The fourth-order valence-electron chi connectivity index (χ4n) is 0.997. The van der Waals surface area contributed by atoms with E-state index in [4.69, 9.17) is 4.52 Å². The number of nitrogens with zero attached hydrogens (tertiary/aromatic N) is 1. The molecule has 14 heavy (non-hydrogen) atoms. The van der Waals surface area contributed by atoms with Crippen molar-refractivity contribution < 1.29 is 9.09 Å². The fourth-order valence-corrected chi connectivity index (χ4v) is 1.91. The van der Waals surface area contributed by atoms with Crippen LogP contribution < -0.4 is 0 Å². The first-order valence-corrected chi connectivity index (χ1v) is 6.15. The van der Waals surface area contributed by atoms with Crippen molar-refractivity contribution in [3.05, 3.63) is 30.1 Å². The third-order valence-corrected chi connectivity index (χ3v) is 2.86. The van der Waals surface area contributed by atoms with Gasteiger partial charge in [0.05, 0.1) is 0 Å². The molecule has 1 atom stereocenters. The van der Waals surface area contributed by atoms with E-state index in [1.807, 2.05) is 12.1 Å². The average molecular weight is 212 g/mol. The Morgan fingerprint density at radius 2 is 2.43 bits per heavy atom. The lowest BCUT2D eigenvalue weighted by atomic mass is 10.3. The molecule has 0 aliphatic rings. The molecule has 0 amide bonds. The van der Waals surface area contributed by atoms with Crippen LogP contribution in [0.15, 0.2) is 24.5 Å². The summed E-state index contributed by atoms with van der Waals surface area (Å²) in [7, 11) is -1.56. The molecule has 1 rings (SSSR count). The first-order valence-electron chi connectivity index (χ1n) is 4.79. The zero-order valence-electron chi connectivity index (χ0n) is 8.35. The van der Waals surface area contributed by atoms with Gasteiger partial charge >= 0.3 is 8.03 Å². The van der Waals surface area contributed by atoms with E-state index in [-0.39, 0.29) is 0 Å². The van der Waals surface area contributed by atoms with Gasteiger partial charge in [-0.3, -0.25) is 4.98 Å². The highest BCUT2D eigenvalue weighted by atomic mass is 31.1.